The predicted octanol–water partition coefficient (Wildman–Crippen LogP) is 3.80. The summed E-state index contributed by atoms with van der Waals surface area (Å²) < 4.78 is 7.56. The predicted molar refractivity (Wildman–Crippen MR) is 108 cm³/mol. The van der Waals surface area contributed by atoms with Gasteiger partial charge >= 0.3 is 0 Å². The summed E-state index contributed by atoms with van der Waals surface area (Å²) in [7, 11) is 0. The Morgan fingerprint density at radius 2 is 1.93 bits per heavy atom. The standard InChI is InChI=1S/C20H21N5O2S/c1-2-27-17-7-3-15(4-8-17)22-18(26)13-28-20-24-23-19(25(20)16-5-6-16)14-9-11-21-12-10-14/h3-4,7-12,16H,2,5-6,13H2,1H3,(H,22,26). The highest BCUT2D eigenvalue weighted by atomic mass is 32.2. The van der Waals surface area contributed by atoms with E-state index in [2.05, 4.69) is 25.1 Å². The SMILES string of the molecule is CCOc1ccc(NC(=O)CSc2nnc(-c3ccncc3)n2C2CC2)cc1. The molecule has 1 fully saturated rings. The molecule has 1 saturated carbocycles. The molecule has 0 atom stereocenters. The number of hydrogen-bond donors (Lipinski definition) is 1. The van der Waals surface area contributed by atoms with Gasteiger partial charge in [0.25, 0.3) is 0 Å². The Labute approximate surface area is 167 Å². The highest BCUT2D eigenvalue weighted by molar-refractivity contribution is 7.99. The average molecular weight is 395 g/mol. The van der Waals surface area contributed by atoms with Crippen LogP contribution in [0.1, 0.15) is 25.8 Å². The third kappa shape index (κ3) is 4.33. The van der Waals surface area contributed by atoms with Crippen molar-refractivity contribution in [3.8, 4) is 17.1 Å². The summed E-state index contributed by atoms with van der Waals surface area (Å²) in [6.07, 6.45) is 5.72. The summed E-state index contributed by atoms with van der Waals surface area (Å²) in [4.78, 5) is 16.4. The van der Waals surface area contributed by atoms with Gasteiger partial charge in [0, 0.05) is 29.7 Å². The number of benzene rings is 1. The lowest BCUT2D eigenvalue weighted by molar-refractivity contribution is -0.113. The average Bonchev–Trinajstić information content (AvgIpc) is 3.47. The fourth-order valence-electron chi connectivity index (χ4n) is 2.86. The zero-order chi connectivity index (χ0) is 19.3. The van der Waals surface area contributed by atoms with Crippen LogP contribution in [0.5, 0.6) is 5.75 Å². The van der Waals surface area contributed by atoms with Crippen LogP contribution in [0.4, 0.5) is 5.69 Å². The molecular formula is C20H21N5O2S. The highest BCUT2D eigenvalue weighted by Gasteiger charge is 2.30. The van der Waals surface area contributed by atoms with Crippen molar-refractivity contribution < 1.29 is 9.53 Å². The second-order valence-electron chi connectivity index (χ2n) is 6.44. The van der Waals surface area contributed by atoms with Gasteiger partial charge in [0.05, 0.1) is 12.4 Å². The number of carbonyl (C=O) groups is 1. The normalized spacial score (nSPS) is 13.3. The van der Waals surface area contributed by atoms with Crippen LogP contribution in [-0.2, 0) is 4.79 Å². The molecule has 7 nitrogen and oxygen atoms in total. The first kappa shape index (κ1) is 18.5. The van der Waals surface area contributed by atoms with Crippen LogP contribution in [0.25, 0.3) is 11.4 Å². The van der Waals surface area contributed by atoms with E-state index in [0.717, 1.165) is 40.8 Å². The summed E-state index contributed by atoms with van der Waals surface area (Å²) >= 11 is 1.41. The maximum atomic E-state index is 12.3. The second-order valence-corrected chi connectivity index (χ2v) is 7.38. The fourth-order valence-corrected chi connectivity index (χ4v) is 3.67. The van der Waals surface area contributed by atoms with Crippen molar-refractivity contribution in [3.05, 3.63) is 48.8 Å². The molecule has 1 aliphatic rings. The Bertz CT molecular complexity index is 939. The number of pyridine rings is 1. The Balaban J connectivity index is 1.41. The van der Waals surface area contributed by atoms with E-state index in [4.69, 9.17) is 4.74 Å². The number of rotatable bonds is 8. The molecule has 144 valence electrons. The first-order chi connectivity index (χ1) is 13.7. The van der Waals surface area contributed by atoms with Crippen molar-refractivity contribution in [2.45, 2.75) is 31.0 Å². The number of ether oxygens (including phenoxy) is 1. The molecule has 28 heavy (non-hydrogen) atoms. The monoisotopic (exact) mass is 395 g/mol. The maximum absolute atomic E-state index is 12.3. The zero-order valence-corrected chi connectivity index (χ0v) is 16.4. The van der Waals surface area contributed by atoms with E-state index in [-0.39, 0.29) is 11.7 Å². The van der Waals surface area contributed by atoms with Crippen LogP contribution in [0, 0.1) is 0 Å². The molecule has 0 saturated heterocycles. The van der Waals surface area contributed by atoms with Gasteiger partial charge in [-0.25, -0.2) is 0 Å². The van der Waals surface area contributed by atoms with Crippen molar-refractivity contribution >= 4 is 23.4 Å². The summed E-state index contributed by atoms with van der Waals surface area (Å²) in [6.45, 7) is 2.55. The van der Waals surface area contributed by atoms with Crippen LogP contribution >= 0.6 is 11.8 Å². The van der Waals surface area contributed by atoms with Crippen molar-refractivity contribution in [1.82, 2.24) is 19.7 Å². The lowest BCUT2D eigenvalue weighted by Gasteiger charge is -2.09. The number of aromatic nitrogens is 4. The number of thioether (sulfide) groups is 1. The largest absolute Gasteiger partial charge is 0.494 e. The van der Waals surface area contributed by atoms with Crippen molar-refractivity contribution in [1.29, 1.82) is 0 Å². The first-order valence-corrected chi connectivity index (χ1v) is 10.2. The Morgan fingerprint density at radius 1 is 1.18 bits per heavy atom. The number of nitrogens with zero attached hydrogens (tertiary/aromatic N) is 4. The van der Waals surface area contributed by atoms with E-state index < -0.39 is 0 Å². The zero-order valence-electron chi connectivity index (χ0n) is 15.5. The van der Waals surface area contributed by atoms with Gasteiger partial charge in [-0.05, 0) is 56.2 Å². The fraction of sp³-hybridized carbons (Fsp3) is 0.300. The molecule has 0 radical (unpaired) electrons. The molecule has 2 heterocycles. The summed E-state index contributed by atoms with van der Waals surface area (Å²) in [5.74, 6) is 1.81. The second kappa shape index (κ2) is 8.43. The van der Waals surface area contributed by atoms with Crippen LogP contribution in [0.3, 0.4) is 0 Å². The Kier molecular flexibility index (Phi) is 5.57. The van der Waals surface area contributed by atoms with Crippen molar-refractivity contribution in [3.63, 3.8) is 0 Å². The van der Waals surface area contributed by atoms with E-state index in [9.17, 15) is 4.79 Å². The lowest BCUT2D eigenvalue weighted by atomic mass is 10.2. The van der Waals surface area contributed by atoms with Crippen LogP contribution in [0.2, 0.25) is 0 Å². The quantitative estimate of drug-likeness (QED) is 0.584. The van der Waals surface area contributed by atoms with Gasteiger partial charge in [-0.2, -0.15) is 0 Å². The molecule has 8 heteroatoms. The Hall–Kier alpha value is -2.87. The van der Waals surface area contributed by atoms with Gasteiger partial charge < -0.3 is 10.1 Å². The molecule has 0 aliphatic heterocycles. The minimum absolute atomic E-state index is 0.0787. The van der Waals surface area contributed by atoms with Crippen LogP contribution in [-0.4, -0.2) is 38.0 Å². The smallest absolute Gasteiger partial charge is 0.234 e. The highest BCUT2D eigenvalue weighted by Crippen LogP contribution is 2.40. The molecule has 1 amide bonds. The first-order valence-electron chi connectivity index (χ1n) is 9.25. The van der Waals surface area contributed by atoms with E-state index in [1.165, 1.54) is 11.8 Å². The number of carbonyl (C=O) groups excluding carboxylic acids is 1. The van der Waals surface area contributed by atoms with Gasteiger partial charge in [0.2, 0.25) is 5.91 Å². The summed E-state index contributed by atoms with van der Waals surface area (Å²) in [6, 6.07) is 11.6. The summed E-state index contributed by atoms with van der Waals surface area (Å²) in [5.41, 5.74) is 1.73. The van der Waals surface area contributed by atoms with Gasteiger partial charge in [-0.15, -0.1) is 10.2 Å². The van der Waals surface area contributed by atoms with Gasteiger partial charge in [0.1, 0.15) is 5.75 Å². The lowest BCUT2D eigenvalue weighted by Crippen LogP contribution is -2.14. The molecule has 0 bridgehead atoms. The van der Waals surface area contributed by atoms with Gasteiger partial charge in [0.15, 0.2) is 11.0 Å². The topological polar surface area (TPSA) is 81.9 Å². The van der Waals surface area contributed by atoms with E-state index in [0.29, 0.717) is 12.6 Å². The molecule has 2 aromatic heterocycles. The summed E-state index contributed by atoms with van der Waals surface area (Å²) in [5, 5.41) is 12.4. The van der Waals surface area contributed by atoms with E-state index in [1.54, 1.807) is 12.4 Å². The third-order valence-corrected chi connectivity index (χ3v) is 5.24. The van der Waals surface area contributed by atoms with E-state index >= 15 is 0 Å². The van der Waals surface area contributed by atoms with Gasteiger partial charge in [-0.1, -0.05) is 11.8 Å². The van der Waals surface area contributed by atoms with Crippen LogP contribution < -0.4 is 10.1 Å². The number of nitrogens with one attached hydrogen (secondary N) is 1. The third-order valence-electron chi connectivity index (χ3n) is 4.30. The van der Waals surface area contributed by atoms with E-state index in [1.807, 2.05) is 43.3 Å². The number of hydrogen-bond acceptors (Lipinski definition) is 6. The molecule has 1 aromatic carbocycles. The minimum atomic E-state index is -0.0787. The van der Waals surface area contributed by atoms with Gasteiger partial charge in [-0.3, -0.25) is 14.3 Å². The minimum Gasteiger partial charge on any atom is -0.494 e. The molecule has 4 rings (SSSR count). The molecule has 3 aromatic rings. The Morgan fingerprint density at radius 3 is 2.61 bits per heavy atom. The molecular weight excluding hydrogens is 374 g/mol. The molecule has 0 spiro atoms. The van der Waals surface area contributed by atoms with Crippen molar-refractivity contribution in [2.24, 2.45) is 0 Å². The molecule has 1 N–H and O–H groups in total. The maximum Gasteiger partial charge on any atom is 0.234 e. The number of amides is 1. The molecule has 1 aliphatic carbocycles. The molecule has 0 unspecified atom stereocenters. The van der Waals surface area contributed by atoms with Crippen LogP contribution in [0.15, 0.2) is 53.9 Å². The van der Waals surface area contributed by atoms with Crippen molar-refractivity contribution in [2.75, 3.05) is 17.7 Å². The number of anilines is 1.